The number of aromatic nitrogens is 2. The fourth-order valence-corrected chi connectivity index (χ4v) is 4.86. The van der Waals surface area contributed by atoms with Gasteiger partial charge in [0.15, 0.2) is 0 Å². The molecule has 0 radical (unpaired) electrons. The molecule has 2 amide bonds. The zero-order valence-electron chi connectivity index (χ0n) is 17.0. The summed E-state index contributed by atoms with van der Waals surface area (Å²) in [5.41, 5.74) is 2.40. The van der Waals surface area contributed by atoms with Gasteiger partial charge in [-0.15, -0.1) is 0 Å². The Balaban J connectivity index is 1.04. The van der Waals surface area contributed by atoms with Crippen LogP contribution in [0, 0.1) is 11.8 Å². The van der Waals surface area contributed by atoms with E-state index < -0.39 is 0 Å². The van der Waals surface area contributed by atoms with Crippen LogP contribution in [0.15, 0.2) is 49.1 Å². The van der Waals surface area contributed by atoms with Crippen LogP contribution in [0.25, 0.3) is 0 Å². The minimum absolute atomic E-state index is 0.0354. The Labute approximate surface area is 176 Å². The van der Waals surface area contributed by atoms with Crippen molar-refractivity contribution in [1.29, 1.82) is 0 Å². The lowest BCUT2D eigenvalue weighted by Gasteiger charge is -2.27. The van der Waals surface area contributed by atoms with Crippen LogP contribution in [-0.4, -0.2) is 33.9 Å². The van der Waals surface area contributed by atoms with Crippen LogP contribution in [-0.2, 0) is 9.59 Å². The second-order valence-corrected chi connectivity index (χ2v) is 9.04. The Kier molecular flexibility index (Phi) is 5.23. The van der Waals surface area contributed by atoms with Gasteiger partial charge in [0.2, 0.25) is 11.8 Å². The van der Waals surface area contributed by atoms with Gasteiger partial charge in [0.05, 0.1) is 0 Å². The van der Waals surface area contributed by atoms with Gasteiger partial charge in [-0.05, 0) is 61.8 Å². The van der Waals surface area contributed by atoms with Crippen LogP contribution in [0.1, 0.15) is 61.5 Å². The van der Waals surface area contributed by atoms with Gasteiger partial charge >= 0.3 is 0 Å². The van der Waals surface area contributed by atoms with E-state index in [1.54, 1.807) is 12.4 Å². The predicted molar refractivity (Wildman–Crippen MR) is 112 cm³/mol. The van der Waals surface area contributed by atoms with Crippen molar-refractivity contribution in [3.05, 3.63) is 60.2 Å². The van der Waals surface area contributed by atoms with Crippen LogP contribution < -0.4 is 10.6 Å². The molecule has 2 N–H and O–H groups in total. The average Bonchev–Trinajstić information content (AvgIpc) is 3.72. The van der Waals surface area contributed by atoms with Crippen molar-refractivity contribution >= 4 is 11.8 Å². The molecule has 0 saturated heterocycles. The predicted octanol–water partition coefficient (Wildman–Crippen LogP) is 2.93. The second-order valence-electron chi connectivity index (χ2n) is 9.04. The molecular weight excluding hydrogens is 376 g/mol. The van der Waals surface area contributed by atoms with Crippen molar-refractivity contribution in [2.45, 2.75) is 62.4 Å². The fourth-order valence-electron chi connectivity index (χ4n) is 4.86. The minimum atomic E-state index is 0.0354. The number of carbonyl (C=O) groups is 2. The number of rotatable bonds is 6. The van der Waals surface area contributed by atoms with Crippen molar-refractivity contribution in [1.82, 2.24) is 20.6 Å². The Morgan fingerprint density at radius 1 is 0.733 bits per heavy atom. The van der Waals surface area contributed by atoms with E-state index in [0.29, 0.717) is 11.8 Å². The molecule has 6 heteroatoms. The van der Waals surface area contributed by atoms with E-state index >= 15 is 0 Å². The van der Waals surface area contributed by atoms with Gasteiger partial charge in [0, 0.05) is 60.5 Å². The van der Waals surface area contributed by atoms with Crippen molar-refractivity contribution in [3.63, 3.8) is 0 Å². The molecule has 0 spiro atoms. The molecule has 2 heterocycles. The topological polar surface area (TPSA) is 84.0 Å². The third-order valence-electron chi connectivity index (χ3n) is 6.93. The summed E-state index contributed by atoms with van der Waals surface area (Å²) in [5, 5.41) is 6.42. The largest absolute Gasteiger partial charge is 0.352 e. The van der Waals surface area contributed by atoms with Crippen molar-refractivity contribution in [2.24, 2.45) is 11.8 Å². The first-order valence-electron chi connectivity index (χ1n) is 11.1. The lowest BCUT2D eigenvalue weighted by Crippen LogP contribution is -2.39. The quantitative estimate of drug-likeness (QED) is 0.775. The molecule has 3 saturated carbocycles. The fraction of sp³-hybridized carbons (Fsp3) is 0.500. The van der Waals surface area contributed by atoms with Crippen molar-refractivity contribution in [2.75, 3.05) is 0 Å². The molecule has 3 aliphatic rings. The third kappa shape index (κ3) is 4.23. The van der Waals surface area contributed by atoms with Crippen LogP contribution in [0.4, 0.5) is 0 Å². The van der Waals surface area contributed by atoms with Gasteiger partial charge in [0.25, 0.3) is 0 Å². The first kappa shape index (κ1) is 19.2. The Morgan fingerprint density at radius 2 is 1.17 bits per heavy atom. The molecule has 30 heavy (non-hydrogen) atoms. The van der Waals surface area contributed by atoms with Gasteiger partial charge in [-0.3, -0.25) is 19.6 Å². The maximum Gasteiger partial charge on any atom is 0.223 e. The van der Waals surface area contributed by atoms with E-state index in [4.69, 9.17) is 0 Å². The summed E-state index contributed by atoms with van der Waals surface area (Å²) in [4.78, 5) is 33.6. The molecule has 0 bridgehead atoms. The summed E-state index contributed by atoms with van der Waals surface area (Å²) in [6, 6.07) is 8.52. The molecule has 2 aromatic rings. The smallest absolute Gasteiger partial charge is 0.223 e. The summed E-state index contributed by atoms with van der Waals surface area (Å²) >= 11 is 0. The number of amides is 2. The molecule has 0 unspecified atom stereocenters. The molecule has 0 aromatic carbocycles. The molecule has 2 aromatic heterocycles. The van der Waals surface area contributed by atoms with Gasteiger partial charge < -0.3 is 10.6 Å². The summed E-state index contributed by atoms with van der Waals surface area (Å²) in [7, 11) is 0. The SMILES string of the molecule is O=C(N[C@@H]1C[C@H]1c1cccnc1)C1CCC(C(=O)N[C@@H]2C[C@H]2c2cccnc2)CC1. The van der Waals surface area contributed by atoms with E-state index in [0.717, 1.165) is 38.5 Å². The first-order valence-corrected chi connectivity index (χ1v) is 11.1. The molecule has 3 fully saturated rings. The van der Waals surface area contributed by atoms with Gasteiger partial charge in [0.1, 0.15) is 0 Å². The monoisotopic (exact) mass is 404 g/mol. The zero-order chi connectivity index (χ0) is 20.5. The second kappa shape index (κ2) is 8.17. The molecule has 6 nitrogen and oxygen atoms in total. The summed E-state index contributed by atoms with van der Waals surface area (Å²) in [5.74, 6) is 1.18. The highest BCUT2D eigenvalue weighted by atomic mass is 16.2. The highest BCUT2D eigenvalue weighted by molar-refractivity contribution is 5.82. The number of hydrogen-bond donors (Lipinski definition) is 2. The number of pyridine rings is 2. The highest BCUT2D eigenvalue weighted by Crippen LogP contribution is 2.42. The highest BCUT2D eigenvalue weighted by Gasteiger charge is 2.43. The van der Waals surface area contributed by atoms with Gasteiger partial charge in [-0.25, -0.2) is 0 Å². The number of hydrogen-bond acceptors (Lipinski definition) is 4. The molecule has 0 aliphatic heterocycles. The summed E-state index contributed by atoms with van der Waals surface area (Å²) < 4.78 is 0. The van der Waals surface area contributed by atoms with Gasteiger partial charge in [-0.1, -0.05) is 12.1 Å². The molecule has 4 atom stereocenters. The van der Waals surface area contributed by atoms with Gasteiger partial charge in [-0.2, -0.15) is 0 Å². The van der Waals surface area contributed by atoms with Crippen LogP contribution >= 0.6 is 0 Å². The Morgan fingerprint density at radius 3 is 1.53 bits per heavy atom. The molecule has 5 rings (SSSR count). The average molecular weight is 405 g/mol. The maximum absolute atomic E-state index is 12.7. The lowest BCUT2D eigenvalue weighted by atomic mass is 9.81. The van der Waals surface area contributed by atoms with Crippen LogP contribution in [0.2, 0.25) is 0 Å². The van der Waals surface area contributed by atoms with Crippen molar-refractivity contribution in [3.8, 4) is 0 Å². The molecule has 3 aliphatic carbocycles. The maximum atomic E-state index is 12.7. The van der Waals surface area contributed by atoms with Crippen LogP contribution in [0.5, 0.6) is 0 Å². The van der Waals surface area contributed by atoms with E-state index in [2.05, 4.69) is 32.7 Å². The number of nitrogens with zero attached hydrogens (tertiary/aromatic N) is 2. The molecular formula is C24H28N4O2. The Bertz CT molecular complexity index is 820. The lowest BCUT2D eigenvalue weighted by molar-refractivity contribution is -0.130. The standard InChI is InChI=1S/C24H28N4O2/c29-23(27-21-11-19(21)17-3-1-9-25-13-17)15-5-7-16(8-6-15)24(30)28-22-12-20(22)18-4-2-10-26-14-18/h1-4,9-10,13-16,19-22H,5-8,11-12H2,(H,27,29)(H,28,30)/t15?,16?,19-,20-,21+,22+/m0/s1. The van der Waals surface area contributed by atoms with E-state index in [9.17, 15) is 9.59 Å². The van der Waals surface area contributed by atoms with Crippen molar-refractivity contribution < 1.29 is 9.59 Å². The third-order valence-corrected chi connectivity index (χ3v) is 6.93. The minimum Gasteiger partial charge on any atom is -0.352 e. The number of carbonyl (C=O) groups excluding carboxylic acids is 2. The summed E-state index contributed by atoms with van der Waals surface area (Å²) in [6.07, 6.45) is 12.5. The number of nitrogens with one attached hydrogen (secondary N) is 2. The normalized spacial score (nSPS) is 32.1. The van der Waals surface area contributed by atoms with Crippen LogP contribution in [0.3, 0.4) is 0 Å². The molecule has 156 valence electrons. The van der Waals surface area contributed by atoms with E-state index in [1.807, 2.05) is 24.5 Å². The Hall–Kier alpha value is -2.76. The zero-order valence-corrected chi connectivity index (χ0v) is 17.0. The summed E-state index contributed by atoms with van der Waals surface area (Å²) in [6.45, 7) is 0. The first-order chi connectivity index (χ1) is 14.7. The van der Waals surface area contributed by atoms with E-state index in [1.165, 1.54) is 11.1 Å². The van der Waals surface area contributed by atoms with E-state index in [-0.39, 0.29) is 35.7 Å².